The highest BCUT2D eigenvalue weighted by molar-refractivity contribution is 6.39. The summed E-state index contributed by atoms with van der Waals surface area (Å²) in [5, 5.41) is 5.53. The van der Waals surface area contributed by atoms with Gasteiger partial charge in [0.05, 0.1) is 48.8 Å². The van der Waals surface area contributed by atoms with Gasteiger partial charge in [0.25, 0.3) is 0 Å². The number of nitrogens with zero attached hydrogens (tertiary/aromatic N) is 3. The smallest absolute Gasteiger partial charge is 0.247 e. The number of carbonyl (C=O) groups is 2. The Kier molecular flexibility index (Phi) is 11.7. The number of ether oxygens (including phenoxy) is 3. The number of methoxy groups -OCH3 is 3. The summed E-state index contributed by atoms with van der Waals surface area (Å²) < 4.78 is 15.7. The normalized spacial score (nSPS) is 12.1. The summed E-state index contributed by atoms with van der Waals surface area (Å²) in [5.41, 5.74) is 7.75. The first-order chi connectivity index (χ1) is 18.3. The average molecular weight is 563 g/mol. The molecule has 11 nitrogen and oxygen atoms in total. The molecule has 13 heteroatoms. The van der Waals surface area contributed by atoms with Gasteiger partial charge in [-0.1, -0.05) is 29.8 Å². The second-order valence-corrected chi connectivity index (χ2v) is 8.09. The Labute approximate surface area is 230 Å². The van der Waals surface area contributed by atoms with Gasteiger partial charge in [0.2, 0.25) is 12.3 Å². The summed E-state index contributed by atoms with van der Waals surface area (Å²) >= 11 is 13.1. The van der Waals surface area contributed by atoms with Gasteiger partial charge in [0, 0.05) is 42.4 Å². The molecule has 0 aliphatic carbocycles. The number of rotatable bonds is 13. The Morgan fingerprint density at radius 1 is 1.21 bits per heavy atom. The van der Waals surface area contributed by atoms with Crippen LogP contribution in [0.5, 0.6) is 11.5 Å². The second kappa shape index (κ2) is 14.7. The maximum absolute atomic E-state index is 11.9. The summed E-state index contributed by atoms with van der Waals surface area (Å²) in [4.78, 5) is 36.8. The first-order valence-corrected chi connectivity index (χ1v) is 11.8. The van der Waals surface area contributed by atoms with E-state index in [9.17, 15) is 9.59 Å². The van der Waals surface area contributed by atoms with E-state index < -0.39 is 5.91 Å². The summed E-state index contributed by atoms with van der Waals surface area (Å²) in [6.45, 7) is 5.75. The lowest BCUT2D eigenvalue weighted by atomic mass is 10.1. The van der Waals surface area contributed by atoms with E-state index in [1.165, 1.54) is 39.8 Å². The highest BCUT2D eigenvalue weighted by Gasteiger charge is 2.21. The minimum Gasteiger partial charge on any atom is -0.495 e. The van der Waals surface area contributed by atoms with Crippen molar-refractivity contribution in [3.05, 3.63) is 69.5 Å². The molecule has 0 fully saturated rings. The molecule has 2 rings (SSSR count). The van der Waals surface area contributed by atoms with Crippen molar-refractivity contribution < 1.29 is 23.8 Å². The van der Waals surface area contributed by atoms with E-state index in [0.29, 0.717) is 35.8 Å². The fraction of sp³-hybridized carbons (Fsp3) is 0.240. The van der Waals surface area contributed by atoms with Crippen LogP contribution in [0.1, 0.15) is 22.6 Å². The highest BCUT2D eigenvalue weighted by atomic mass is 35.5. The Morgan fingerprint density at radius 3 is 2.37 bits per heavy atom. The predicted molar refractivity (Wildman–Crippen MR) is 147 cm³/mol. The molecule has 202 valence electrons. The molecule has 1 aromatic heterocycles. The lowest BCUT2D eigenvalue weighted by Crippen LogP contribution is -2.29. The second-order valence-electron chi connectivity index (χ2n) is 7.34. The molecule has 0 saturated carbocycles. The zero-order valence-corrected chi connectivity index (χ0v) is 22.8. The predicted octanol–water partition coefficient (Wildman–Crippen LogP) is 2.89. The first kappa shape index (κ1) is 30.3. The molecule has 0 bridgehead atoms. The van der Waals surface area contributed by atoms with Crippen LogP contribution in [0.3, 0.4) is 0 Å². The van der Waals surface area contributed by atoms with Gasteiger partial charge in [-0.2, -0.15) is 0 Å². The van der Waals surface area contributed by atoms with Crippen molar-refractivity contribution in [3.63, 3.8) is 0 Å². The van der Waals surface area contributed by atoms with Crippen molar-refractivity contribution in [1.82, 2.24) is 20.6 Å². The quantitative estimate of drug-likeness (QED) is 0.146. The SMILES string of the molecule is C=CC(=O)NC(=CN)C(=NCCOC)c1ncc(/C=C(\NC=O)c2c(Cl)c(OC)cc(OC)c2Cl)c(C)n1. The molecule has 0 aliphatic heterocycles. The zero-order chi connectivity index (χ0) is 28.2. The molecule has 0 unspecified atom stereocenters. The Hall–Kier alpha value is -3.93. The van der Waals surface area contributed by atoms with Gasteiger partial charge in [-0.3, -0.25) is 14.6 Å². The number of aromatic nitrogens is 2. The lowest BCUT2D eigenvalue weighted by Gasteiger charge is -2.17. The minimum absolute atomic E-state index is 0.164. The van der Waals surface area contributed by atoms with E-state index in [1.54, 1.807) is 13.0 Å². The van der Waals surface area contributed by atoms with Gasteiger partial charge >= 0.3 is 0 Å². The number of aliphatic imine (C=N–C) groups is 1. The zero-order valence-electron chi connectivity index (χ0n) is 21.3. The van der Waals surface area contributed by atoms with Gasteiger partial charge in [-0.15, -0.1) is 0 Å². The topological polar surface area (TPSA) is 150 Å². The van der Waals surface area contributed by atoms with Crippen LogP contribution < -0.4 is 25.8 Å². The summed E-state index contributed by atoms with van der Waals surface area (Å²) in [5.74, 6) is 0.305. The van der Waals surface area contributed by atoms with Crippen LogP contribution in [-0.4, -0.2) is 62.5 Å². The van der Waals surface area contributed by atoms with Crippen LogP contribution in [0.25, 0.3) is 11.8 Å². The van der Waals surface area contributed by atoms with E-state index in [0.717, 1.165) is 6.08 Å². The van der Waals surface area contributed by atoms with E-state index in [1.807, 2.05) is 0 Å². The highest BCUT2D eigenvalue weighted by Crippen LogP contribution is 2.43. The van der Waals surface area contributed by atoms with E-state index in [2.05, 4.69) is 32.2 Å². The fourth-order valence-corrected chi connectivity index (χ4v) is 3.85. The standard InChI is InChI=1S/C25H28Cl2N6O5/c1-6-20(35)33-17(11-28)24(29-7-8-36-3)25-30-12-15(14(2)32-25)9-16(31-13-34)21-22(26)18(37-4)10-19(38-5)23(21)27/h6,9-13H,1,7-8,28H2,2-5H3,(H,31,34)(H,33,35)/b16-9-,17-11?,29-24?. The number of aryl methyl sites for hydroxylation is 1. The number of hydrogen-bond donors (Lipinski definition) is 3. The first-order valence-electron chi connectivity index (χ1n) is 11.0. The molecule has 0 aliphatic rings. The van der Waals surface area contributed by atoms with Crippen LogP contribution >= 0.6 is 23.2 Å². The van der Waals surface area contributed by atoms with E-state index >= 15 is 0 Å². The Bertz CT molecular complexity index is 1270. The fourth-order valence-electron chi connectivity index (χ4n) is 3.15. The summed E-state index contributed by atoms with van der Waals surface area (Å²) in [7, 11) is 4.43. The summed E-state index contributed by atoms with van der Waals surface area (Å²) in [6, 6.07) is 1.54. The third-order valence-corrected chi connectivity index (χ3v) is 5.77. The molecule has 4 N–H and O–H groups in total. The van der Waals surface area contributed by atoms with Gasteiger partial charge in [0.15, 0.2) is 5.82 Å². The minimum atomic E-state index is -0.482. The molecule has 0 radical (unpaired) electrons. The maximum Gasteiger partial charge on any atom is 0.247 e. The van der Waals surface area contributed by atoms with Gasteiger partial charge in [-0.25, -0.2) is 9.97 Å². The molecule has 2 amide bonds. The molecule has 0 saturated heterocycles. The molecule has 1 heterocycles. The largest absolute Gasteiger partial charge is 0.495 e. The maximum atomic E-state index is 11.9. The van der Waals surface area contributed by atoms with E-state index in [-0.39, 0.29) is 45.1 Å². The average Bonchev–Trinajstić information content (AvgIpc) is 2.91. The molecule has 0 spiro atoms. The molecular formula is C25H28Cl2N6O5. The van der Waals surface area contributed by atoms with Crippen molar-refractivity contribution in [2.24, 2.45) is 10.7 Å². The van der Waals surface area contributed by atoms with Crippen molar-refractivity contribution in [2.45, 2.75) is 6.92 Å². The number of benzene rings is 1. The Morgan fingerprint density at radius 2 is 1.87 bits per heavy atom. The Balaban J connectivity index is 2.65. The van der Waals surface area contributed by atoms with Crippen LogP contribution in [-0.2, 0) is 14.3 Å². The third-order valence-electron chi connectivity index (χ3n) is 5.02. The number of amides is 2. The number of carbonyl (C=O) groups excluding carboxylic acids is 2. The van der Waals surface area contributed by atoms with Crippen molar-refractivity contribution in [3.8, 4) is 11.5 Å². The number of nitrogens with two attached hydrogens (primary N) is 1. The van der Waals surface area contributed by atoms with Crippen LogP contribution in [0, 0.1) is 6.92 Å². The van der Waals surface area contributed by atoms with E-state index in [4.69, 9.17) is 43.1 Å². The lowest BCUT2D eigenvalue weighted by molar-refractivity contribution is -0.115. The molecular weight excluding hydrogens is 535 g/mol. The monoisotopic (exact) mass is 562 g/mol. The van der Waals surface area contributed by atoms with Crippen molar-refractivity contribution >= 4 is 53.0 Å². The van der Waals surface area contributed by atoms with Crippen molar-refractivity contribution in [1.29, 1.82) is 0 Å². The van der Waals surface area contributed by atoms with Crippen LogP contribution in [0.4, 0.5) is 0 Å². The molecule has 1 aromatic carbocycles. The third kappa shape index (κ3) is 7.31. The molecule has 0 atom stereocenters. The van der Waals surface area contributed by atoms with Gasteiger partial charge in [0.1, 0.15) is 17.2 Å². The van der Waals surface area contributed by atoms with Crippen LogP contribution in [0.15, 0.2) is 41.8 Å². The molecule has 2 aromatic rings. The van der Waals surface area contributed by atoms with Gasteiger partial charge < -0.3 is 30.6 Å². The van der Waals surface area contributed by atoms with Crippen LogP contribution in [0.2, 0.25) is 10.0 Å². The number of hydrogen-bond acceptors (Lipinski definition) is 9. The number of allylic oxidation sites excluding steroid dienone is 1. The van der Waals surface area contributed by atoms with Crippen molar-refractivity contribution in [2.75, 3.05) is 34.5 Å². The van der Waals surface area contributed by atoms with Gasteiger partial charge in [-0.05, 0) is 19.1 Å². The number of nitrogens with one attached hydrogen (secondary N) is 2. The summed E-state index contributed by atoms with van der Waals surface area (Å²) in [6.07, 6.45) is 5.88. The number of halogens is 2. The molecule has 38 heavy (non-hydrogen) atoms.